The number of aliphatic carboxylic acids is 1. The number of carbonyl (C=O) groups is 2. The van der Waals surface area contributed by atoms with E-state index in [0.717, 1.165) is 17.7 Å². The molecule has 1 saturated heterocycles. The molecule has 1 fully saturated rings. The minimum absolute atomic E-state index is 0.0324. The first-order chi connectivity index (χ1) is 14.5. The van der Waals surface area contributed by atoms with Crippen LogP contribution < -0.4 is 0 Å². The van der Waals surface area contributed by atoms with Gasteiger partial charge in [0.15, 0.2) is 0 Å². The number of alkyl halides is 3. The second-order valence-corrected chi connectivity index (χ2v) is 8.88. The second-order valence-electron chi connectivity index (χ2n) is 6.99. The van der Waals surface area contributed by atoms with Crippen LogP contribution in [0.4, 0.5) is 13.2 Å². The molecule has 0 unspecified atom stereocenters. The quantitative estimate of drug-likeness (QED) is 0.745. The van der Waals surface area contributed by atoms with E-state index in [9.17, 15) is 36.3 Å². The monoisotopic (exact) mass is 456 g/mol. The number of nitrogens with zero attached hydrogens (tertiary/aromatic N) is 2. The van der Waals surface area contributed by atoms with Crippen LogP contribution in [0.1, 0.15) is 11.1 Å². The Labute approximate surface area is 176 Å². The molecule has 0 aromatic heterocycles. The van der Waals surface area contributed by atoms with Crippen molar-refractivity contribution >= 4 is 21.9 Å². The van der Waals surface area contributed by atoms with Crippen LogP contribution in [0.3, 0.4) is 0 Å². The van der Waals surface area contributed by atoms with E-state index in [4.69, 9.17) is 0 Å². The van der Waals surface area contributed by atoms with Crippen molar-refractivity contribution < 1.29 is 36.3 Å². The summed E-state index contributed by atoms with van der Waals surface area (Å²) in [5.41, 5.74) is -0.281. The van der Waals surface area contributed by atoms with E-state index in [1.54, 1.807) is 30.3 Å². The van der Waals surface area contributed by atoms with Gasteiger partial charge in [-0.2, -0.15) is 17.5 Å². The first-order valence-corrected chi connectivity index (χ1v) is 10.7. The lowest BCUT2D eigenvalue weighted by atomic mass is 10.1. The zero-order chi connectivity index (χ0) is 22.8. The average Bonchev–Trinajstić information content (AvgIpc) is 2.73. The van der Waals surface area contributed by atoms with Crippen molar-refractivity contribution in [3.8, 4) is 0 Å². The largest absolute Gasteiger partial charge is 0.480 e. The Kier molecular flexibility index (Phi) is 6.37. The fraction of sp³-hybridized carbons (Fsp3) is 0.300. The third-order valence-electron chi connectivity index (χ3n) is 4.96. The third kappa shape index (κ3) is 5.05. The molecule has 2 aromatic rings. The molecule has 1 aliphatic heterocycles. The molecule has 1 amide bonds. The molecule has 166 valence electrons. The maximum absolute atomic E-state index is 12.9. The first-order valence-electron chi connectivity index (χ1n) is 9.24. The van der Waals surface area contributed by atoms with Gasteiger partial charge in [0.25, 0.3) is 0 Å². The number of benzene rings is 2. The number of sulfonamides is 1. The molecule has 3 rings (SSSR count). The fourth-order valence-corrected chi connectivity index (χ4v) is 4.88. The van der Waals surface area contributed by atoms with Crippen LogP contribution in [0, 0.1) is 0 Å². The number of piperazine rings is 1. The van der Waals surface area contributed by atoms with Gasteiger partial charge in [0.1, 0.15) is 6.04 Å². The second kappa shape index (κ2) is 8.67. The van der Waals surface area contributed by atoms with Crippen LogP contribution >= 0.6 is 0 Å². The Bertz CT molecular complexity index is 1060. The molecule has 0 saturated carbocycles. The molecule has 0 aliphatic carbocycles. The molecule has 1 heterocycles. The number of carbonyl (C=O) groups excluding carboxylic acids is 1. The highest BCUT2D eigenvalue weighted by molar-refractivity contribution is 7.89. The minimum atomic E-state index is -4.63. The van der Waals surface area contributed by atoms with Gasteiger partial charge in [-0.1, -0.05) is 30.3 Å². The molecule has 1 aliphatic rings. The summed E-state index contributed by atoms with van der Waals surface area (Å²) in [5, 5.41) is 9.57. The van der Waals surface area contributed by atoms with Gasteiger partial charge >= 0.3 is 12.1 Å². The first kappa shape index (κ1) is 22.8. The molecule has 0 radical (unpaired) electrons. The van der Waals surface area contributed by atoms with Crippen molar-refractivity contribution in [1.82, 2.24) is 9.21 Å². The molecule has 1 N–H and O–H groups in total. The lowest BCUT2D eigenvalue weighted by molar-refractivity contribution is -0.145. The highest BCUT2D eigenvalue weighted by atomic mass is 32.2. The lowest BCUT2D eigenvalue weighted by Gasteiger charge is -2.38. The molecule has 0 bridgehead atoms. The number of amides is 1. The van der Waals surface area contributed by atoms with Crippen molar-refractivity contribution in [1.29, 1.82) is 0 Å². The molecule has 0 spiro atoms. The minimum Gasteiger partial charge on any atom is -0.480 e. The molecule has 11 heteroatoms. The molecular formula is C20H19F3N2O5S. The zero-order valence-electron chi connectivity index (χ0n) is 16.1. The van der Waals surface area contributed by atoms with Gasteiger partial charge in [0, 0.05) is 19.6 Å². The van der Waals surface area contributed by atoms with E-state index in [-0.39, 0.29) is 32.0 Å². The maximum atomic E-state index is 12.9. The van der Waals surface area contributed by atoms with Crippen molar-refractivity contribution in [2.75, 3.05) is 19.6 Å². The van der Waals surface area contributed by atoms with Gasteiger partial charge < -0.3 is 10.0 Å². The van der Waals surface area contributed by atoms with Crippen LogP contribution in [0.2, 0.25) is 0 Å². The van der Waals surface area contributed by atoms with Gasteiger partial charge in [-0.05, 0) is 29.8 Å². The lowest BCUT2D eigenvalue weighted by Crippen LogP contribution is -2.59. The fourth-order valence-electron chi connectivity index (χ4n) is 3.32. The zero-order valence-corrected chi connectivity index (χ0v) is 16.9. The summed E-state index contributed by atoms with van der Waals surface area (Å²) in [5.74, 6) is -1.79. The summed E-state index contributed by atoms with van der Waals surface area (Å²) in [6.45, 7) is -0.684. The highest BCUT2D eigenvalue weighted by Crippen LogP contribution is 2.31. The van der Waals surface area contributed by atoms with E-state index < -0.39 is 38.7 Å². The topological polar surface area (TPSA) is 95.0 Å². The Morgan fingerprint density at radius 1 is 1.00 bits per heavy atom. The van der Waals surface area contributed by atoms with E-state index in [2.05, 4.69) is 0 Å². The summed E-state index contributed by atoms with van der Waals surface area (Å²) in [7, 11) is -4.38. The van der Waals surface area contributed by atoms with Crippen LogP contribution in [-0.2, 0) is 32.2 Å². The number of hydrogen-bond donors (Lipinski definition) is 1. The van der Waals surface area contributed by atoms with Crippen LogP contribution in [0.15, 0.2) is 59.5 Å². The van der Waals surface area contributed by atoms with E-state index in [1.165, 1.54) is 4.90 Å². The van der Waals surface area contributed by atoms with Crippen LogP contribution in [0.25, 0.3) is 0 Å². The number of carboxylic acid groups (broad SMARTS) is 1. The van der Waals surface area contributed by atoms with Crippen molar-refractivity contribution in [2.24, 2.45) is 0 Å². The molecule has 1 atom stereocenters. The summed E-state index contributed by atoms with van der Waals surface area (Å²) in [4.78, 5) is 25.1. The summed E-state index contributed by atoms with van der Waals surface area (Å²) in [6, 6.07) is 10.1. The normalized spacial score (nSPS) is 18.0. The average molecular weight is 456 g/mol. The summed E-state index contributed by atoms with van der Waals surface area (Å²) < 4.78 is 64.7. The van der Waals surface area contributed by atoms with E-state index in [0.29, 0.717) is 16.4 Å². The van der Waals surface area contributed by atoms with Crippen LogP contribution in [0.5, 0.6) is 0 Å². The Morgan fingerprint density at radius 3 is 2.16 bits per heavy atom. The standard InChI is InChI=1S/C20H19F3N2O5S/c21-20(22,23)15-6-8-16(9-7-15)31(29,30)25-11-10-24(13-17(25)19(27)28)18(26)12-14-4-2-1-3-5-14/h1-9,17H,10-13H2,(H,27,28)/t17-/m1/s1. The Morgan fingerprint density at radius 2 is 1.61 bits per heavy atom. The van der Waals surface area contributed by atoms with Gasteiger partial charge in [-0.15, -0.1) is 0 Å². The van der Waals surface area contributed by atoms with Gasteiger partial charge in [-0.3, -0.25) is 9.59 Å². The molecule has 2 aromatic carbocycles. The Balaban J connectivity index is 1.79. The van der Waals surface area contributed by atoms with Crippen molar-refractivity contribution in [3.63, 3.8) is 0 Å². The smallest absolute Gasteiger partial charge is 0.416 e. The van der Waals surface area contributed by atoms with Crippen molar-refractivity contribution in [2.45, 2.75) is 23.5 Å². The number of halogens is 3. The van der Waals surface area contributed by atoms with Gasteiger partial charge in [0.2, 0.25) is 15.9 Å². The summed E-state index contributed by atoms with van der Waals surface area (Å²) >= 11 is 0. The SMILES string of the molecule is O=C(O)[C@H]1CN(C(=O)Cc2ccccc2)CCN1S(=O)(=O)c1ccc(C(F)(F)F)cc1. The molecule has 7 nitrogen and oxygen atoms in total. The predicted molar refractivity (Wildman–Crippen MR) is 103 cm³/mol. The highest BCUT2D eigenvalue weighted by Gasteiger charge is 2.41. The van der Waals surface area contributed by atoms with Gasteiger partial charge in [-0.25, -0.2) is 8.42 Å². The summed E-state index contributed by atoms with van der Waals surface area (Å²) in [6.07, 6.45) is -4.59. The van der Waals surface area contributed by atoms with E-state index in [1.807, 2.05) is 0 Å². The maximum Gasteiger partial charge on any atom is 0.416 e. The number of rotatable bonds is 5. The number of hydrogen-bond acceptors (Lipinski definition) is 4. The van der Waals surface area contributed by atoms with E-state index >= 15 is 0 Å². The Hall–Kier alpha value is -2.92. The van der Waals surface area contributed by atoms with Crippen molar-refractivity contribution in [3.05, 3.63) is 65.7 Å². The predicted octanol–water partition coefficient (Wildman–Crippen LogP) is 2.23. The van der Waals surface area contributed by atoms with Gasteiger partial charge in [0.05, 0.1) is 16.9 Å². The third-order valence-corrected chi connectivity index (χ3v) is 6.88. The molecular weight excluding hydrogens is 437 g/mol. The van der Waals surface area contributed by atoms with Crippen LogP contribution in [-0.4, -0.2) is 60.3 Å². The number of carboxylic acids is 1. The molecule has 31 heavy (non-hydrogen) atoms.